The summed E-state index contributed by atoms with van der Waals surface area (Å²) < 4.78 is 27.1. The molecule has 1 aliphatic rings. The van der Waals surface area contributed by atoms with Gasteiger partial charge in [0.1, 0.15) is 6.04 Å². The molecule has 0 aromatic carbocycles. The smallest absolute Gasteiger partial charge is 0.322 e. The highest BCUT2D eigenvalue weighted by Crippen LogP contribution is 2.22. The minimum absolute atomic E-state index is 0.0123. The largest absolute Gasteiger partial charge is 0.480 e. The van der Waals surface area contributed by atoms with E-state index in [4.69, 9.17) is 5.11 Å². The fourth-order valence-corrected chi connectivity index (χ4v) is 3.27. The van der Waals surface area contributed by atoms with E-state index in [-0.39, 0.29) is 19.5 Å². The lowest BCUT2D eigenvalue weighted by molar-refractivity contribution is -0.141. The van der Waals surface area contributed by atoms with Crippen molar-refractivity contribution in [1.82, 2.24) is 19.0 Å². The van der Waals surface area contributed by atoms with Crippen molar-refractivity contribution in [3.8, 4) is 0 Å². The maximum absolute atomic E-state index is 11.9. The summed E-state index contributed by atoms with van der Waals surface area (Å²) in [6, 6.07) is -1.12. The lowest BCUT2D eigenvalue weighted by Crippen LogP contribution is -2.52. The Kier molecular flexibility index (Phi) is 3.37. The highest BCUT2D eigenvalue weighted by Gasteiger charge is 2.39. The van der Waals surface area contributed by atoms with Crippen LogP contribution in [0.3, 0.4) is 0 Å². The Morgan fingerprint density at radius 2 is 2.44 bits per heavy atom. The number of nitrogens with zero attached hydrogens (tertiary/aromatic N) is 2. The molecule has 1 aliphatic heterocycles. The molecule has 1 aromatic heterocycles. The van der Waals surface area contributed by atoms with E-state index in [1.807, 2.05) is 0 Å². The van der Waals surface area contributed by atoms with Gasteiger partial charge < -0.3 is 10.1 Å². The highest BCUT2D eigenvalue weighted by atomic mass is 32.2. The van der Waals surface area contributed by atoms with Gasteiger partial charge in [-0.2, -0.15) is 12.7 Å². The Bertz CT molecular complexity index is 553. The van der Waals surface area contributed by atoms with Gasteiger partial charge in [0.2, 0.25) is 0 Å². The maximum atomic E-state index is 11.9. The summed E-state index contributed by atoms with van der Waals surface area (Å²) in [5.41, 5.74) is 1.24. The average molecular weight is 274 g/mol. The maximum Gasteiger partial charge on any atom is 0.322 e. The van der Waals surface area contributed by atoms with Crippen molar-refractivity contribution in [2.75, 3.05) is 6.54 Å². The first-order valence-corrected chi connectivity index (χ1v) is 6.90. The zero-order valence-electron chi connectivity index (χ0n) is 9.75. The summed E-state index contributed by atoms with van der Waals surface area (Å²) in [7, 11) is -3.79. The predicted molar refractivity (Wildman–Crippen MR) is 61.9 cm³/mol. The normalized spacial score (nSPS) is 20.6. The summed E-state index contributed by atoms with van der Waals surface area (Å²) in [6.45, 7) is 1.83. The van der Waals surface area contributed by atoms with Crippen molar-refractivity contribution in [2.24, 2.45) is 0 Å². The van der Waals surface area contributed by atoms with Crippen molar-refractivity contribution >= 4 is 16.2 Å². The number of H-pyrrole nitrogens is 1. The van der Waals surface area contributed by atoms with Crippen LogP contribution >= 0.6 is 0 Å². The molecule has 0 amide bonds. The Balaban J connectivity index is 2.36. The Hall–Kier alpha value is -1.45. The zero-order chi connectivity index (χ0) is 13.3. The molecule has 2 rings (SSSR count). The summed E-state index contributed by atoms with van der Waals surface area (Å²) in [4.78, 5) is 18.0. The van der Waals surface area contributed by atoms with Crippen LogP contribution in [0.5, 0.6) is 0 Å². The summed E-state index contributed by atoms with van der Waals surface area (Å²) in [5, 5.41) is 9.13. The van der Waals surface area contributed by atoms with Crippen LogP contribution in [0.2, 0.25) is 0 Å². The Morgan fingerprint density at radius 3 is 3.06 bits per heavy atom. The van der Waals surface area contributed by atoms with Crippen LogP contribution in [-0.4, -0.2) is 46.4 Å². The van der Waals surface area contributed by atoms with Crippen molar-refractivity contribution < 1.29 is 18.3 Å². The van der Waals surface area contributed by atoms with Gasteiger partial charge in [-0.05, 0) is 0 Å². The van der Waals surface area contributed by atoms with E-state index in [1.54, 1.807) is 6.92 Å². The molecular formula is C9H14N4O4S. The molecule has 0 fully saturated rings. The molecule has 9 heteroatoms. The summed E-state index contributed by atoms with van der Waals surface area (Å²) in [5.74, 6) is -1.18. The van der Waals surface area contributed by atoms with E-state index >= 15 is 0 Å². The van der Waals surface area contributed by atoms with Crippen molar-refractivity contribution in [1.29, 1.82) is 0 Å². The molecule has 100 valence electrons. The number of aromatic nitrogens is 2. The molecule has 1 aromatic rings. The number of hydrogen-bond donors (Lipinski definition) is 3. The topological polar surface area (TPSA) is 115 Å². The van der Waals surface area contributed by atoms with Crippen LogP contribution < -0.4 is 4.72 Å². The second-order valence-corrected chi connectivity index (χ2v) is 5.64. The first-order chi connectivity index (χ1) is 8.45. The van der Waals surface area contributed by atoms with Crippen molar-refractivity contribution in [3.05, 3.63) is 17.7 Å². The molecular weight excluding hydrogens is 260 g/mol. The molecule has 1 unspecified atom stereocenters. The number of imidazole rings is 1. The van der Waals surface area contributed by atoms with E-state index in [0.717, 1.165) is 4.31 Å². The van der Waals surface area contributed by atoms with Crippen LogP contribution in [0, 0.1) is 0 Å². The van der Waals surface area contributed by atoms with Crippen molar-refractivity contribution in [3.63, 3.8) is 0 Å². The molecule has 3 N–H and O–H groups in total. The van der Waals surface area contributed by atoms with Crippen LogP contribution in [-0.2, 0) is 28.0 Å². The number of rotatable bonds is 4. The molecule has 0 saturated heterocycles. The van der Waals surface area contributed by atoms with Gasteiger partial charge in [-0.1, -0.05) is 6.92 Å². The number of nitrogens with one attached hydrogen (secondary N) is 2. The van der Waals surface area contributed by atoms with Gasteiger partial charge in [0, 0.05) is 13.0 Å². The molecule has 0 radical (unpaired) electrons. The van der Waals surface area contributed by atoms with E-state index in [0.29, 0.717) is 11.4 Å². The molecule has 0 spiro atoms. The second kappa shape index (κ2) is 4.67. The number of aliphatic carboxylic acids is 1. The number of carboxylic acids is 1. The van der Waals surface area contributed by atoms with Crippen LogP contribution in [0.15, 0.2) is 6.33 Å². The summed E-state index contributed by atoms with van der Waals surface area (Å²) in [6.07, 6.45) is 1.51. The van der Waals surface area contributed by atoms with Crippen LogP contribution in [0.25, 0.3) is 0 Å². The predicted octanol–water partition coefficient (Wildman–Crippen LogP) is -0.925. The van der Waals surface area contributed by atoms with Gasteiger partial charge in [0.25, 0.3) is 10.2 Å². The number of fused-ring (bicyclic) bond motifs is 1. The fourth-order valence-electron chi connectivity index (χ4n) is 1.94. The van der Waals surface area contributed by atoms with Crippen LogP contribution in [0.4, 0.5) is 0 Å². The minimum Gasteiger partial charge on any atom is -0.480 e. The zero-order valence-corrected chi connectivity index (χ0v) is 10.6. The third-order valence-corrected chi connectivity index (χ3v) is 4.43. The summed E-state index contributed by atoms with van der Waals surface area (Å²) >= 11 is 0. The first-order valence-electron chi connectivity index (χ1n) is 5.46. The quantitative estimate of drug-likeness (QED) is 0.656. The highest BCUT2D eigenvalue weighted by molar-refractivity contribution is 7.87. The SMILES string of the molecule is CCNS(=O)(=O)N1Cc2[nH]cnc2CC1C(=O)O. The Morgan fingerprint density at radius 1 is 1.72 bits per heavy atom. The third-order valence-electron chi connectivity index (χ3n) is 2.78. The van der Waals surface area contributed by atoms with Gasteiger partial charge >= 0.3 is 5.97 Å². The molecule has 0 aliphatic carbocycles. The lowest BCUT2D eigenvalue weighted by atomic mass is 10.1. The third kappa shape index (κ3) is 2.24. The lowest BCUT2D eigenvalue weighted by Gasteiger charge is -2.31. The number of carbonyl (C=O) groups is 1. The molecule has 2 heterocycles. The molecule has 0 bridgehead atoms. The molecule has 18 heavy (non-hydrogen) atoms. The van der Waals surface area contributed by atoms with E-state index in [9.17, 15) is 13.2 Å². The number of aromatic amines is 1. The van der Waals surface area contributed by atoms with Gasteiger partial charge in [0.15, 0.2) is 0 Å². The number of hydrogen-bond acceptors (Lipinski definition) is 4. The van der Waals surface area contributed by atoms with Gasteiger partial charge in [-0.25, -0.2) is 9.71 Å². The van der Waals surface area contributed by atoms with E-state index in [1.165, 1.54) is 6.33 Å². The standard InChI is InChI=1S/C9H14N4O4S/c1-2-12-18(16,17)13-4-7-6(10-5-11-7)3-8(13)9(14)15/h5,8,12H,2-4H2,1H3,(H,10,11)(H,14,15). The molecule has 0 saturated carbocycles. The number of carboxylic acid groups (broad SMARTS) is 1. The van der Waals surface area contributed by atoms with Gasteiger partial charge in [-0.3, -0.25) is 4.79 Å². The fraction of sp³-hybridized carbons (Fsp3) is 0.556. The monoisotopic (exact) mass is 274 g/mol. The molecule has 1 atom stereocenters. The van der Waals surface area contributed by atoms with Crippen LogP contribution in [0.1, 0.15) is 18.3 Å². The van der Waals surface area contributed by atoms with Crippen molar-refractivity contribution in [2.45, 2.75) is 25.9 Å². The van der Waals surface area contributed by atoms with E-state index < -0.39 is 22.2 Å². The Labute approximate surface area is 104 Å². The van der Waals surface area contributed by atoms with Gasteiger partial charge in [0.05, 0.1) is 24.3 Å². The average Bonchev–Trinajstić information content (AvgIpc) is 2.74. The second-order valence-electron chi connectivity index (χ2n) is 3.93. The molecule has 8 nitrogen and oxygen atoms in total. The first kappa shape index (κ1) is 13.0. The minimum atomic E-state index is -3.79. The van der Waals surface area contributed by atoms with Gasteiger partial charge in [-0.15, -0.1) is 0 Å². The van der Waals surface area contributed by atoms with E-state index in [2.05, 4.69) is 14.7 Å².